The summed E-state index contributed by atoms with van der Waals surface area (Å²) in [6.45, 7) is 1.49. The van der Waals surface area contributed by atoms with Crippen molar-refractivity contribution in [2.75, 3.05) is 0 Å². The summed E-state index contributed by atoms with van der Waals surface area (Å²) in [6, 6.07) is 4.55. The third kappa shape index (κ3) is 3.02. The lowest BCUT2D eigenvalue weighted by Crippen LogP contribution is -2.28. The summed E-state index contributed by atoms with van der Waals surface area (Å²) in [6.07, 6.45) is 0. The fourth-order valence-corrected chi connectivity index (χ4v) is 1.56. The maximum absolute atomic E-state index is 12.0. The van der Waals surface area contributed by atoms with Gasteiger partial charge in [-0.2, -0.15) is 21.6 Å². The first-order valence-electron chi connectivity index (χ1n) is 3.82. The highest BCUT2D eigenvalue weighted by atomic mass is 35.5. The third-order valence-corrected chi connectivity index (χ3v) is 2.62. The van der Waals surface area contributed by atoms with Crippen molar-refractivity contribution in [3.63, 3.8) is 0 Å². The number of rotatable bonds is 2. The van der Waals surface area contributed by atoms with Crippen molar-refractivity contribution < 1.29 is 25.8 Å². The van der Waals surface area contributed by atoms with Crippen LogP contribution < -0.4 is 4.18 Å². The van der Waals surface area contributed by atoms with Crippen molar-refractivity contribution in [3.8, 4) is 5.75 Å². The number of hydrogen-bond donors (Lipinski definition) is 0. The molecule has 8 heteroatoms. The molecule has 1 aromatic carbocycles. The van der Waals surface area contributed by atoms with Gasteiger partial charge in [-0.1, -0.05) is 11.6 Å². The molecule has 0 aromatic heterocycles. The Morgan fingerprint density at radius 3 is 2.38 bits per heavy atom. The first-order valence-corrected chi connectivity index (χ1v) is 5.61. The van der Waals surface area contributed by atoms with Crippen molar-refractivity contribution in [3.05, 3.63) is 28.8 Å². The molecule has 0 N–H and O–H groups in total. The lowest BCUT2D eigenvalue weighted by atomic mass is 10.2. The van der Waals surface area contributed by atoms with Crippen LogP contribution in [-0.4, -0.2) is 13.9 Å². The van der Waals surface area contributed by atoms with E-state index in [1.165, 1.54) is 6.92 Å². The van der Waals surface area contributed by atoms with Crippen molar-refractivity contribution in [2.24, 2.45) is 0 Å². The fourth-order valence-electron chi connectivity index (χ4n) is 0.863. The zero-order chi connectivity index (χ0) is 12.6. The van der Waals surface area contributed by atoms with E-state index in [0.29, 0.717) is 5.56 Å². The molecule has 0 amide bonds. The van der Waals surface area contributed by atoms with Gasteiger partial charge in [0.1, 0.15) is 5.75 Å². The maximum atomic E-state index is 12.0. The van der Waals surface area contributed by atoms with Crippen LogP contribution in [0.4, 0.5) is 13.2 Å². The summed E-state index contributed by atoms with van der Waals surface area (Å²) in [5.41, 5.74) is -5.10. The molecular formula is C8H5ClF3O3S. The molecule has 0 unspecified atom stereocenters. The van der Waals surface area contributed by atoms with E-state index >= 15 is 0 Å². The van der Waals surface area contributed by atoms with E-state index in [4.69, 9.17) is 11.6 Å². The summed E-state index contributed by atoms with van der Waals surface area (Å²) < 4.78 is 61.1. The lowest BCUT2D eigenvalue weighted by Gasteiger charge is -2.09. The van der Waals surface area contributed by atoms with Crippen LogP contribution >= 0.6 is 11.6 Å². The van der Waals surface area contributed by atoms with Crippen molar-refractivity contribution in [2.45, 2.75) is 12.4 Å². The molecule has 0 aliphatic carbocycles. The Hall–Kier alpha value is -0.950. The monoisotopic (exact) mass is 273 g/mol. The van der Waals surface area contributed by atoms with Crippen LogP contribution in [0.1, 0.15) is 5.56 Å². The molecule has 0 atom stereocenters. The molecule has 0 fully saturated rings. The van der Waals surface area contributed by atoms with E-state index in [9.17, 15) is 21.6 Å². The number of aryl methyl sites for hydroxylation is 1. The van der Waals surface area contributed by atoms with Gasteiger partial charge in [-0.15, -0.1) is 0 Å². The largest absolute Gasteiger partial charge is 0.534 e. The molecule has 1 aromatic rings. The third-order valence-electron chi connectivity index (χ3n) is 1.43. The van der Waals surface area contributed by atoms with Crippen LogP contribution in [0.5, 0.6) is 5.75 Å². The number of hydrogen-bond acceptors (Lipinski definition) is 3. The Balaban J connectivity index is 3.07. The van der Waals surface area contributed by atoms with Crippen molar-refractivity contribution >= 4 is 21.7 Å². The van der Waals surface area contributed by atoms with Gasteiger partial charge in [0.05, 0.1) is 5.02 Å². The standard InChI is InChI=1S/C8H5ClF3O3S/c1-5-2-6(9)4-7(3-5)15-16(13,14)8(10,11)12/h3-4H,1H3. The minimum atomic E-state index is -5.66. The molecule has 0 bridgehead atoms. The molecule has 0 heterocycles. The van der Waals surface area contributed by atoms with Crippen LogP contribution in [-0.2, 0) is 10.1 Å². The molecule has 16 heavy (non-hydrogen) atoms. The van der Waals surface area contributed by atoms with E-state index in [2.05, 4.69) is 10.2 Å². The summed E-state index contributed by atoms with van der Waals surface area (Å²) in [4.78, 5) is 0. The highest BCUT2D eigenvalue weighted by Gasteiger charge is 2.48. The fraction of sp³-hybridized carbons (Fsp3) is 0.250. The van der Waals surface area contributed by atoms with Crippen molar-refractivity contribution in [1.82, 2.24) is 0 Å². The molecular weight excluding hydrogens is 269 g/mol. The molecule has 89 valence electrons. The van der Waals surface area contributed by atoms with E-state index in [1.54, 1.807) is 0 Å². The van der Waals surface area contributed by atoms with Gasteiger partial charge in [0.25, 0.3) is 0 Å². The summed E-state index contributed by atoms with van der Waals surface area (Å²) in [7, 11) is -5.66. The minimum Gasteiger partial charge on any atom is -0.376 e. The topological polar surface area (TPSA) is 43.4 Å². The Morgan fingerprint density at radius 2 is 1.94 bits per heavy atom. The molecule has 0 saturated heterocycles. The Morgan fingerprint density at radius 1 is 1.38 bits per heavy atom. The van der Waals surface area contributed by atoms with Gasteiger partial charge in [0.15, 0.2) is 0 Å². The average molecular weight is 274 g/mol. The van der Waals surface area contributed by atoms with Crippen LogP contribution in [0.3, 0.4) is 0 Å². The molecule has 1 rings (SSSR count). The average Bonchev–Trinajstić information content (AvgIpc) is 1.97. The molecule has 0 spiro atoms. The normalized spacial score (nSPS) is 12.6. The summed E-state index contributed by atoms with van der Waals surface area (Å²) >= 11 is 5.48. The van der Waals surface area contributed by atoms with Gasteiger partial charge >= 0.3 is 15.6 Å². The second-order valence-corrected chi connectivity index (χ2v) is 4.78. The van der Waals surface area contributed by atoms with Gasteiger partial charge in [0, 0.05) is 12.1 Å². The first kappa shape index (κ1) is 13.1. The highest BCUT2D eigenvalue weighted by Crippen LogP contribution is 2.28. The highest BCUT2D eigenvalue weighted by molar-refractivity contribution is 7.88. The van der Waals surface area contributed by atoms with Crippen LogP contribution in [0.15, 0.2) is 12.1 Å². The van der Waals surface area contributed by atoms with Gasteiger partial charge in [-0.05, 0) is 18.6 Å². The van der Waals surface area contributed by atoms with Crippen LogP contribution in [0, 0.1) is 13.0 Å². The first-order chi connectivity index (χ1) is 7.12. The quantitative estimate of drug-likeness (QED) is 0.615. The predicted octanol–water partition coefficient (Wildman–Crippen LogP) is 2.68. The number of benzene rings is 1. The zero-order valence-electron chi connectivity index (χ0n) is 7.80. The van der Waals surface area contributed by atoms with Gasteiger partial charge < -0.3 is 4.18 Å². The second kappa shape index (κ2) is 4.14. The SMILES string of the molecule is Cc1[c]c(Cl)cc(OS(=O)(=O)C(F)(F)F)c1. The van der Waals surface area contributed by atoms with Crippen LogP contribution in [0.2, 0.25) is 5.02 Å². The van der Waals surface area contributed by atoms with E-state index in [1.807, 2.05) is 0 Å². The summed E-state index contributed by atoms with van der Waals surface area (Å²) in [5, 5.41) is -0.0348. The molecule has 0 aliphatic rings. The summed E-state index contributed by atoms with van der Waals surface area (Å²) in [5.74, 6) is -0.501. The second-order valence-electron chi connectivity index (χ2n) is 2.83. The van der Waals surface area contributed by atoms with E-state index in [-0.39, 0.29) is 5.02 Å². The van der Waals surface area contributed by atoms with Gasteiger partial charge in [-0.3, -0.25) is 0 Å². The van der Waals surface area contributed by atoms with E-state index in [0.717, 1.165) is 12.1 Å². The smallest absolute Gasteiger partial charge is 0.376 e. The Kier molecular flexibility index (Phi) is 3.39. The molecule has 0 saturated carbocycles. The van der Waals surface area contributed by atoms with Gasteiger partial charge in [0.2, 0.25) is 0 Å². The molecule has 3 nitrogen and oxygen atoms in total. The van der Waals surface area contributed by atoms with E-state index < -0.39 is 21.4 Å². The molecule has 1 radical (unpaired) electrons. The van der Waals surface area contributed by atoms with Gasteiger partial charge in [-0.25, -0.2) is 0 Å². The predicted molar refractivity (Wildman–Crippen MR) is 50.6 cm³/mol. The van der Waals surface area contributed by atoms with Crippen LogP contribution in [0.25, 0.3) is 0 Å². The number of halogens is 4. The molecule has 0 aliphatic heterocycles. The minimum absolute atomic E-state index is 0.0348. The Bertz CT molecular complexity index is 475. The maximum Gasteiger partial charge on any atom is 0.534 e. The number of alkyl halides is 3. The lowest BCUT2D eigenvalue weighted by molar-refractivity contribution is -0.0500. The Labute approximate surface area is 94.9 Å². The van der Waals surface area contributed by atoms with Crippen molar-refractivity contribution in [1.29, 1.82) is 0 Å². The zero-order valence-corrected chi connectivity index (χ0v) is 9.37.